The normalized spacial score (nSPS) is 12.0. The summed E-state index contributed by atoms with van der Waals surface area (Å²) in [7, 11) is 0. The van der Waals surface area contributed by atoms with Crippen molar-refractivity contribution in [3.05, 3.63) is 39.7 Å². The first-order valence-corrected chi connectivity index (χ1v) is 7.00. The molecule has 7 heteroatoms. The van der Waals surface area contributed by atoms with Crippen LogP contribution in [0.1, 0.15) is 18.1 Å². The highest BCUT2D eigenvalue weighted by atomic mass is 16.5. The molecule has 1 heterocycles. The molecule has 1 aromatic heterocycles. The Bertz CT molecular complexity index is 823. The number of rotatable bonds is 5. The van der Waals surface area contributed by atoms with Gasteiger partial charge in [-0.2, -0.15) is 0 Å². The van der Waals surface area contributed by atoms with Gasteiger partial charge in [0, 0.05) is 17.0 Å². The first-order chi connectivity index (χ1) is 10.8. The van der Waals surface area contributed by atoms with Crippen molar-refractivity contribution in [1.82, 2.24) is 5.32 Å². The van der Waals surface area contributed by atoms with Crippen LogP contribution in [0.2, 0.25) is 0 Å². The van der Waals surface area contributed by atoms with Crippen LogP contribution >= 0.6 is 0 Å². The van der Waals surface area contributed by atoms with Crippen molar-refractivity contribution >= 4 is 22.8 Å². The SMILES string of the molecule is Cc1c(C)c2ccc(OC(C)C(=O)NCC(=O)O)cc2oc1=O. The molecular weight excluding hydrogens is 302 g/mol. The van der Waals surface area contributed by atoms with Crippen LogP contribution in [0.3, 0.4) is 0 Å². The number of fused-ring (bicyclic) bond motifs is 1. The van der Waals surface area contributed by atoms with Crippen molar-refractivity contribution in [1.29, 1.82) is 0 Å². The molecule has 0 fully saturated rings. The van der Waals surface area contributed by atoms with E-state index in [4.69, 9.17) is 14.3 Å². The lowest BCUT2D eigenvalue weighted by molar-refractivity contribution is -0.139. The first-order valence-electron chi connectivity index (χ1n) is 7.00. The Morgan fingerprint density at radius 2 is 2.00 bits per heavy atom. The monoisotopic (exact) mass is 319 g/mol. The molecule has 0 aliphatic rings. The van der Waals surface area contributed by atoms with Gasteiger partial charge in [-0.05, 0) is 38.5 Å². The van der Waals surface area contributed by atoms with Crippen LogP contribution in [-0.2, 0) is 9.59 Å². The molecule has 2 rings (SSSR count). The number of carboxylic acid groups (broad SMARTS) is 1. The van der Waals surface area contributed by atoms with Crippen LogP contribution in [0, 0.1) is 13.8 Å². The van der Waals surface area contributed by atoms with Gasteiger partial charge in [-0.3, -0.25) is 9.59 Å². The lowest BCUT2D eigenvalue weighted by atomic mass is 10.1. The number of carbonyl (C=O) groups excluding carboxylic acids is 1. The van der Waals surface area contributed by atoms with E-state index in [2.05, 4.69) is 5.32 Å². The minimum absolute atomic E-state index is 0.349. The quantitative estimate of drug-likeness (QED) is 0.806. The van der Waals surface area contributed by atoms with Crippen molar-refractivity contribution in [2.45, 2.75) is 26.9 Å². The van der Waals surface area contributed by atoms with Crippen molar-refractivity contribution in [2.24, 2.45) is 0 Å². The molecule has 0 spiro atoms. The molecule has 7 nitrogen and oxygen atoms in total. The Labute approximate surface area is 131 Å². The number of amides is 1. The summed E-state index contributed by atoms with van der Waals surface area (Å²) in [6, 6.07) is 4.94. The van der Waals surface area contributed by atoms with Crippen molar-refractivity contribution in [3.63, 3.8) is 0 Å². The highest BCUT2D eigenvalue weighted by molar-refractivity contribution is 5.85. The first kappa shape index (κ1) is 16.5. The average molecular weight is 319 g/mol. The molecule has 23 heavy (non-hydrogen) atoms. The number of ether oxygens (including phenoxy) is 1. The van der Waals surface area contributed by atoms with Gasteiger partial charge in [-0.15, -0.1) is 0 Å². The van der Waals surface area contributed by atoms with Crippen molar-refractivity contribution in [3.8, 4) is 5.75 Å². The van der Waals surface area contributed by atoms with E-state index < -0.39 is 30.2 Å². The second-order valence-corrected chi connectivity index (χ2v) is 5.17. The largest absolute Gasteiger partial charge is 0.481 e. The van der Waals surface area contributed by atoms with E-state index in [1.54, 1.807) is 19.1 Å². The summed E-state index contributed by atoms with van der Waals surface area (Å²) < 4.78 is 10.7. The lowest BCUT2D eigenvalue weighted by Crippen LogP contribution is -2.39. The molecule has 0 aliphatic carbocycles. The number of aryl methyl sites for hydroxylation is 1. The fourth-order valence-corrected chi connectivity index (χ4v) is 2.07. The van der Waals surface area contributed by atoms with E-state index in [0.29, 0.717) is 16.9 Å². The number of hydrogen-bond donors (Lipinski definition) is 2. The third-order valence-electron chi connectivity index (χ3n) is 3.52. The molecule has 0 aliphatic heterocycles. The van der Waals surface area contributed by atoms with E-state index in [9.17, 15) is 14.4 Å². The molecule has 2 aromatic rings. The maximum atomic E-state index is 11.7. The van der Waals surface area contributed by atoms with E-state index >= 15 is 0 Å². The molecule has 0 bridgehead atoms. The van der Waals surface area contributed by atoms with Gasteiger partial charge in [-0.1, -0.05) is 0 Å². The molecule has 1 atom stereocenters. The fourth-order valence-electron chi connectivity index (χ4n) is 2.07. The summed E-state index contributed by atoms with van der Waals surface area (Å²) in [5, 5.41) is 11.5. The zero-order valence-electron chi connectivity index (χ0n) is 13.0. The average Bonchev–Trinajstić information content (AvgIpc) is 2.50. The van der Waals surface area contributed by atoms with E-state index in [-0.39, 0.29) is 0 Å². The Hall–Kier alpha value is -2.83. The summed E-state index contributed by atoms with van der Waals surface area (Å²) in [4.78, 5) is 33.8. The van der Waals surface area contributed by atoms with Gasteiger partial charge < -0.3 is 19.6 Å². The topological polar surface area (TPSA) is 106 Å². The van der Waals surface area contributed by atoms with Gasteiger partial charge >= 0.3 is 11.6 Å². The van der Waals surface area contributed by atoms with Crippen LogP contribution in [-0.4, -0.2) is 29.6 Å². The van der Waals surface area contributed by atoms with Crippen LogP contribution < -0.4 is 15.7 Å². The maximum Gasteiger partial charge on any atom is 0.339 e. The zero-order chi connectivity index (χ0) is 17.1. The van der Waals surface area contributed by atoms with Gasteiger partial charge in [0.25, 0.3) is 5.91 Å². The van der Waals surface area contributed by atoms with Crippen LogP contribution in [0.4, 0.5) is 0 Å². The Morgan fingerprint density at radius 1 is 1.30 bits per heavy atom. The minimum atomic E-state index is -1.14. The molecule has 122 valence electrons. The third-order valence-corrected chi connectivity index (χ3v) is 3.52. The smallest absolute Gasteiger partial charge is 0.339 e. The fraction of sp³-hybridized carbons (Fsp3) is 0.312. The highest BCUT2D eigenvalue weighted by Gasteiger charge is 2.16. The Balaban J connectivity index is 2.21. The molecule has 0 radical (unpaired) electrons. The minimum Gasteiger partial charge on any atom is -0.481 e. The zero-order valence-corrected chi connectivity index (χ0v) is 13.0. The number of nitrogens with one attached hydrogen (secondary N) is 1. The lowest BCUT2D eigenvalue weighted by Gasteiger charge is -2.14. The van der Waals surface area contributed by atoms with Crippen LogP contribution in [0.15, 0.2) is 27.4 Å². The number of hydrogen-bond acceptors (Lipinski definition) is 5. The van der Waals surface area contributed by atoms with Gasteiger partial charge in [-0.25, -0.2) is 4.79 Å². The summed E-state index contributed by atoms with van der Waals surface area (Å²) in [6.45, 7) is 4.55. The van der Waals surface area contributed by atoms with Crippen molar-refractivity contribution < 1.29 is 23.8 Å². The second-order valence-electron chi connectivity index (χ2n) is 5.17. The number of carboxylic acids is 1. The predicted octanol–water partition coefficient (Wildman–Crippen LogP) is 1.38. The number of benzene rings is 1. The van der Waals surface area contributed by atoms with Gasteiger partial charge in [0.2, 0.25) is 0 Å². The van der Waals surface area contributed by atoms with Crippen LogP contribution in [0.5, 0.6) is 5.75 Å². The van der Waals surface area contributed by atoms with Crippen LogP contribution in [0.25, 0.3) is 11.0 Å². The molecule has 0 saturated carbocycles. The molecule has 0 saturated heterocycles. The van der Waals surface area contributed by atoms with Gasteiger partial charge in [0.05, 0.1) is 0 Å². The third kappa shape index (κ3) is 3.68. The Morgan fingerprint density at radius 3 is 2.65 bits per heavy atom. The van der Waals surface area contributed by atoms with Crippen molar-refractivity contribution in [2.75, 3.05) is 6.54 Å². The maximum absolute atomic E-state index is 11.7. The predicted molar refractivity (Wildman–Crippen MR) is 82.7 cm³/mol. The highest BCUT2D eigenvalue weighted by Crippen LogP contribution is 2.24. The summed E-state index contributed by atoms with van der Waals surface area (Å²) >= 11 is 0. The molecular formula is C16H17NO6. The summed E-state index contributed by atoms with van der Waals surface area (Å²) in [5.74, 6) is -1.33. The Kier molecular flexibility index (Phi) is 4.68. The summed E-state index contributed by atoms with van der Waals surface area (Å²) in [6.07, 6.45) is -0.884. The molecule has 2 N–H and O–H groups in total. The van der Waals surface area contributed by atoms with E-state index in [0.717, 1.165) is 10.9 Å². The molecule has 1 unspecified atom stereocenters. The molecule has 1 aromatic carbocycles. The summed E-state index contributed by atoms with van der Waals surface area (Å²) in [5.41, 5.74) is 1.33. The second kappa shape index (κ2) is 6.51. The number of carbonyl (C=O) groups is 2. The standard InChI is InChI=1S/C16H17NO6/c1-8-9(2)16(21)23-13-6-11(4-5-12(8)13)22-10(3)15(20)17-7-14(18)19/h4-6,10H,7H2,1-3H3,(H,17,20)(H,18,19). The van der Waals surface area contributed by atoms with Gasteiger partial charge in [0.15, 0.2) is 6.10 Å². The van der Waals surface area contributed by atoms with Gasteiger partial charge in [0.1, 0.15) is 17.9 Å². The number of aliphatic carboxylic acids is 1. The molecule has 1 amide bonds. The van der Waals surface area contributed by atoms with E-state index in [1.165, 1.54) is 13.0 Å². The van der Waals surface area contributed by atoms with E-state index in [1.807, 2.05) is 6.92 Å².